The number of hydrogen-bond acceptors (Lipinski definition) is 4. The van der Waals surface area contributed by atoms with Crippen molar-refractivity contribution in [3.8, 4) is 0 Å². The summed E-state index contributed by atoms with van der Waals surface area (Å²) in [5.41, 5.74) is 0. The molecule has 0 amide bonds. The van der Waals surface area contributed by atoms with Crippen molar-refractivity contribution in [2.24, 2.45) is 0 Å². The molecule has 0 saturated carbocycles. The van der Waals surface area contributed by atoms with Gasteiger partial charge in [-0.05, 0) is 45.1 Å². The predicted molar refractivity (Wildman–Crippen MR) is 85.3 cm³/mol. The van der Waals surface area contributed by atoms with Crippen LogP contribution in [0.4, 0.5) is 5.82 Å². The lowest BCUT2D eigenvalue weighted by Crippen LogP contribution is -2.46. The van der Waals surface area contributed by atoms with Gasteiger partial charge < -0.3 is 10.2 Å². The third-order valence-electron chi connectivity index (χ3n) is 4.00. The Morgan fingerprint density at radius 3 is 2.55 bits per heavy atom. The van der Waals surface area contributed by atoms with Gasteiger partial charge in [0, 0.05) is 32.4 Å². The number of hydrogen-bond donors (Lipinski definition) is 1. The van der Waals surface area contributed by atoms with Crippen LogP contribution >= 0.6 is 0 Å². The average Bonchev–Trinajstić information content (AvgIpc) is 2.52. The van der Waals surface area contributed by atoms with Gasteiger partial charge in [-0.15, -0.1) is 0 Å². The van der Waals surface area contributed by atoms with E-state index in [0.29, 0.717) is 0 Å². The van der Waals surface area contributed by atoms with Gasteiger partial charge in [0.1, 0.15) is 5.82 Å². The Balaban J connectivity index is 1.58. The number of piperazine rings is 1. The summed E-state index contributed by atoms with van der Waals surface area (Å²) in [6.45, 7) is 6.98. The number of aromatic nitrogens is 1. The zero-order chi connectivity index (χ0) is 14.0. The molecule has 0 aliphatic carbocycles. The van der Waals surface area contributed by atoms with Gasteiger partial charge in [0.05, 0.1) is 0 Å². The molecule has 1 aliphatic heterocycles. The molecule has 0 bridgehead atoms. The van der Waals surface area contributed by atoms with Crippen molar-refractivity contribution in [3.05, 3.63) is 24.4 Å². The van der Waals surface area contributed by atoms with Gasteiger partial charge in [0.15, 0.2) is 0 Å². The molecule has 4 nitrogen and oxygen atoms in total. The van der Waals surface area contributed by atoms with Crippen molar-refractivity contribution in [1.82, 2.24) is 15.2 Å². The second-order valence-corrected chi connectivity index (χ2v) is 5.53. The summed E-state index contributed by atoms with van der Waals surface area (Å²) < 4.78 is 0. The van der Waals surface area contributed by atoms with Gasteiger partial charge in [-0.1, -0.05) is 18.9 Å². The highest BCUT2D eigenvalue weighted by molar-refractivity contribution is 5.38. The Morgan fingerprint density at radius 2 is 1.85 bits per heavy atom. The van der Waals surface area contributed by atoms with E-state index in [4.69, 9.17) is 0 Å². The van der Waals surface area contributed by atoms with E-state index in [9.17, 15) is 0 Å². The van der Waals surface area contributed by atoms with Crippen LogP contribution in [0, 0.1) is 0 Å². The monoisotopic (exact) mass is 276 g/mol. The molecule has 4 heteroatoms. The van der Waals surface area contributed by atoms with Crippen LogP contribution in [0.5, 0.6) is 0 Å². The van der Waals surface area contributed by atoms with Crippen molar-refractivity contribution in [1.29, 1.82) is 0 Å². The third kappa shape index (κ3) is 5.10. The summed E-state index contributed by atoms with van der Waals surface area (Å²) >= 11 is 0. The van der Waals surface area contributed by atoms with E-state index >= 15 is 0 Å². The molecular formula is C16H28N4. The first-order valence-electron chi connectivity index (χ1n) is 7.93. The molecule has 0 radical (unpaired) electrons. The zero-order valence-electron chi connectivity index (χ0n) is 12.7. The van der Waals surface area contributed by atoms with E-state index in [1.165, 1.54) is 45.3 Å². The highest BCUT2D eigenvalue weighted by Crippen LogP contribution is 2.13. The van der Waals surface area contributed by atoms with Crippen LogP contribution in [-0.4, -0.2) is 56.2 Å². The van der Waals surface area contributed by atoms with Gasteiger partial charge in [-0.2, -0.15) is 0 Å². The molecule has 1 aromatic heterocycles. The quantitative estimate of drug-likeness (QED) is 0.736. The maximum atomic E-state index is 4.43. The van der Waals surface area contributed by atoms with E-state index in [1.807, 2.05) is 19.3 Å². The molecule has 1 fully saturated rings. The van der Waals surface area contributed by atoms with Crippen LogP contribution < -0.4 is 10.2 Å². The first kappa shape index (κ1) is 15.3. The van der Waals surface area contributed by atoms with Gasteiger partial charge in [0.25, 0.3) is 0 Å². The summed E-state index contributed by atoms with van der Waals surface area (Å²) in [6, 6.07) is 6.16. The first-order valence-corrected chi connectivity index (χ1v) is 7.93. The van der Waals surface area contributed by atoms with Gasteiger partial charge >= 0.3 is 0 Å². The largest absolute Gasteiger partial charge is 0.354 e. The van der Waals surface area contributed by atoms with Gasteiger partial charge in [-0.3, -0.25) is 4.90 Å². The fourth-order valence-corrected chi connectivity index (χ4v) is 2.73. The maximum Gasteiger partial charge on any atom is 0.128 e. The molecule has 0 atom stereocenters. The smallest absolute Gasteiger partial charge is 0.128 e. The minimum atomic E-state index is 1.11. The van der Waals surface area contributed by atoms with E-state index in [2.05, 4.69) is 32.2 Å². The first-order chi connectivity index (χ1) is 9.90. The normalized spacial score (nSPS) is 16.6. The topological polar surface area (TPSA) is 31.4 Å². The number of nitrogens with zero attached hydrogens (tertiary/aromatic N) is 3. The molecule has 1 aromatic rings. The lowest BCUT2D eigenvalue weighted by atomic mass is 10.2. The highest BCUT2D eigenvalue weighted by atomic mass is 15.3. The maximum absolute atomic E-state index is 4.43. The number of anilines is 1. The van der Waals surface area contributed by atoms with E-state index in [0.717, 1.165) is 25.5 Å². The Kier molecular flexibility index (Phi) is 6.81. The van der Waals surface area contributed by atoms with E-state index < -0.39 is 0 Å². The lowest BCUT2D eigenvalue weighted by molar-refractivity contribution is 0.251. The molecule has 1 N–H and O–H groups in total. The summed E-state index contributed by atoms with van der Waals surface area (Å²) in [4.78, 5) is 9.42. The Hall–Kier alpha value is -1.13. The average molecular weight is 276 g/mol. The molecule has 1 aliphatic rings. The van der Waals surface area contributed by atoms with Crippen molar-refractivity contribution >= 4 is 5.82 Å². The second-order valence-electron chi connectivity index (χ2n) is 5.53. The van der Waals surface area contributed by atoms with E-state index in [-0.39, 0.29) is 0 Å². The van der Waals surface area contributed by atoms with Crippen molar-refractivity contribution < 1.29 is 0 Å². The Bertz CT molecular complexity index is 347. The molecule has 0 spiro atoms. The van der Waals surface area contributed by atoms with Gasteiger partial charge in [0.2, 0.25) is 0 Å². The molecule has 2 heterocycles. The van der Waals surface area contributed by atoms with Crippen molar-refractivity contribution in [2.45, 2.75) is 25.7 Å². The van der Waals surface area contributed by atoms with Crippen LogP contribution in [0.25, 0.3) is 0 Å². The van der Waals surface area contributed by atoms with Crippen LogP contribution in [-0.2, 0) is 0 Å². The van der Waals surface area contributed by atoms with Crippen molar-refractivity contribution in [2.75, 3.05) is 51.2 Å². The molecular weight excluding hydrogens is 248 g/mol. The molecule has 0 unspecified atom stereocenters. The van der Waals surface area contributed by atoms with Crippen LogP contribution in [0.2, 0.25) is 0 Å². The number of pyridine rings is 1. The highest BCUT2D eigenvalue weighted by Gasteiger charge is 2.16. The molecule has 0 aromatic carbocycles. The number of nitrogens with one attached hydrogen (secondary N) is 1. The molecule has 2 rings (SSSR count). The summed E-state index contributed by atoms with van der Waals surface area (Å²) in [5, 5.41) is 3.21. The zero-order valence-corrected chi connectivity index (χ0v) is 12.7. The fourth-order valence-electron chi connectivity index (χ4n) is 2.73. The number of rotatable bonds is 8. The Labute approximate surface area is 123 Å². The SMILES string of the molecule is CNCCCCCCN1CCN(c2ccccn2)CC1. The van der Waals surface area contributed by atoms with Crippen LogP contribution in [0.1, 0.15) is 25.7 Å². The Morgan fingerprint density at radius 1 is 1.05 bits per heavy atom. The van der Waals surface area contributed by atoms with Crippen molar-refractivity contribution in [3.63, 3.8) is 0 Å². The molecule has 1 saturated heterocycles. The lowest BCUT2D eigenvalue weighted by Gasteiger charge is -2.35. The standard InChI is InChI=1S/C16H28N4/c1-17-9-5-2-3-7-11-19-12-14-20(15-13-19)16-8-4-6-10-18-16/h4,6,8,10,17H,2-3,5,7,9,11-15H2,1H3. The van der Waals surface area contributed by atoms with Crippen LogP contribution in [0.15, 0.2) is 24.4 Å². The molecule has 20 heavy (non-hydrogen) atoms. The molecule has 112 valence electrons. The predicted octanol–water partition coefficient (Wildman–Crippen LogP) is 1.98. The van der Waals surface area contributed by atoms with E-state index in [1.54, 1.807) is 0 Å². The second kappa shape index (κ2) is 8.93. The third-order valence-corrected chi connectivity index (χ3v) is 4.00. The summed E-state index contributed by atoms with van der Waals surface area (Å²) in [7, 11) is 2.03. The van der Waals surface area contributed by atoms with Gasteiger partial charge in [-0.25, -0.2) is 4.98 Å². The minimum Gasteiger partial charge on any atom is -0.354 e. The minimum absolute atomic E-state index is 1.11. The summed E-state index contributed by atoms with van der Waals surface area (Å²) in [6.07, 6.45) is 7.25. The fraction of sp³-hybridized carbons (Fsp3) is 0.688. The van der Waals surface area contributed by atoms with Crippen LogP contribution in [0.3, 0.4) is 0 Å². The summed E-state index contributed by atoms with van der Waals surface area (Å²) in [5.74, 6) is 1.12. The number of unbranched alkanes of at least 4 members (excludes halogenated alkanes) is 3.